The lowest BCUT2D eigenvalue weighted by atomic mass is 9.88. The first kappa shape index (κ1) is 13.0. The lowest BCUT2D eigenvalue weighted by Crippen LogP contribution is -2.02. The van der Waals surface area contributed by atoms with E-state index in [1.165, 1.54) is 18.4 Å². The van der Waals surface area contributed by atoms with Crippen molar-refractivity contribution in [3.05, 3.63) is 34.9 Å². The van der Waals surface area contributed by atoms with Gasteiger partial charge in [-0.2, -0.15) is 0 Å². The summed E-state index contributed by atoms with van der Waals surface area (Å²) in [6, 6.07) is 0. The fraction of sp³-hybridized carbons (Fsp3) is 0.533. The Balaban J connectivity index is 2.41. The minimum Gasteiger partial charge on any atom is -0.298 e. The third-order valence-electron chi connectivity index (χ3n) is 3.27. The Morgan fingerprint density at radius 3 is 2.75 bits per heavy atom. The van der Waals surface area contributed by atoms with Crippen LogP contribution in [0.1, 0.15) is 46.5 Å². The molecule has 0 heterocycles. The molecule has 0 saturated carbocycles. The van der Waals surface area contributed by atoms with Gasteiger partial charge in [-0.25, -0.2) is 0 Å². The minimum absolute atomic E-state index is 0.639. The van der Waals surface area contributed by atoms with E-state index in [-0.39, 0.29) is 0 Å². The summed E-state index contributed by atoms with van der Waals surface area (Å²) < 4.78 is 0. The van der Waals surface area contributed by atoms with Gasteiger partial charge in [0.2, 0.25) is 0 Å². The molecule has 0 aromatic rings. The van der Waals surface area contributed by atoms with Crippen LogP contribution in [0.15, 0.2) is 34.9 Å². The molecule has 1 aliphatic rings. The van der Waals surface area contributed by atoms with Gasteiger partial charge in [0, 0.05) is 0 Å². The molecular weight excluding hydrogens is 196 g/mol. The number of hydrogen-bond donors (Lipinski definition) is 0. The number of carbonyl (C=O) groups excluding carboxylic acids is 1. The standard InChI is InChI=1S/C15H22O/c1-12-7-9-15(10-8-12)14(3)6-4-5-13(2)11-16/h5,7,9,11,14H,4,6,8,10H2,1-3H3/b13-5+. The van der Waals surface area contributed by atoms with Crippen LogP contribution in [0.2, 0.25) is 0 Å². The fourth-order valence-electron chi connectivity index (χ4n) is 1.96. The third-order valence-corrected chi connectivity index (χ3v) is 3.27. The van der Waals surface area contributed by atoms with Gasteiger partial charge in [0.05, 0.1) is 0 Å². The first-order valence-electron chi connectivity index (χ1n) is 6.11. The second-order valence-corrected chi connectivity index (χ2v) is 4.80. The van der Waals surface area contributed by atoms with Gasteiger partial charge in [-0.15, -0.1) is 0 Å². The Bertz CT molecular complexity index is 331. The molecule has 0 bridgehead atoms. The van der Waals surface area contributed by atoms with E-state index in [2.05, 4.69) is 26.0 Å². The number of hydrogen-bond acceptors (Lipinski definition) is 1. The Morgan fingerprint density at radius 1 is 1.44 bits per heavy atom. The highest BCUT2D eigenvalue weighted by Crippen LogP contribution is 2.26. The van der Waals surface area contributed by atoms with Crippen LogP contribution in [0.5, 0.6) is 0 Å². The topological polar surface area (TPSA) is 17.1 Å². The van der Waals surface area contributed by atoms with E-state index in [4.69, 9.17) is 0 Å². The largest absolute Gasteiger partial charge is 0.298 e. The quantitative estimate of drug-likeness (QED) is 0.499. The van der Waals surface area contributed by atoms with Crippen LogP contribution in [0.25, 0.3) is 0 Å². The van der Waals surface area contributed by atoms with Crippen LogP contribution in [0.3, 0.4) is 0 Å². The molecule has 16 heavy (non-hydrogen) atoms. The van der Waals surface area contributed by atoms with Crippen LogP contribution in [-0.4, -0.2) is 6.29 Å². The lowest BCUT2D eigenvalue weighted by molar-refractivity contribution is -0.104. The van der Waals surface area contributed by atoms with Gasteiger partial charge in [-0.1, -0.05) is 36.3 Å². The molecule has 0 N–H and O–H groups in total. The van der Waals surface area contributed by atoms with Crippen molar-refractivity contribution in [3.63, 3.8) is 0 Å². The van der Waals surface area contributed by atoms with Crippen LogP contribution < -0.4 is 0 Å². The molecule has 0 saturated heterocycles. The highest BCUT2D eigenvalue weighted by Gasteiger charge is 2.10. The molecule has 0 radical (unpaired) electrons. The fourth-order valence-corrected chi connectivity index (χ4v) is 1.96. The van der Waals surface area contributed by atoms with Gasteiger partial charge in [0.1, 0.15) is 6.29 Å². The van der Waals surface area contributed by atoms with Gasteiger partial charge < -0.3 is 0 Å². The molecule has 0 aromatic heterocycles. The zero-order valence-corrected chi connectivity index (χ0v) is 10.6. The average Bonchev–Trinajstić information content (AvgIpc) is 2.29. The molecular formula is C15H22O. The van der Waals surface area contributed by atoms with Crippen molar-refractivity contribution >= 4 is 6.29 Å². The van der Waals surface area contributed by atoms with E-state index in [0.717, 1.165) is 24.7 Å². The SMILES string of the molecule is CC1=CC=C(C(C)CC/C=C(\C)C=O)CC1. The van der Waals surface area contributed by atoms with Crippen LogP contribution >= 0.6 is 0 Å². The van der Waals surface area contributed by atoms with Crippen molar-refractivity contribution < 1.29 is 4.79 Å². The monoisotopic (exact) mass is 218 g/mol. The molecule has 1 unspecified atom stereocenters. The zero-order chi connectivity index (χ0) is 12.0. The summed E-state index contributed by atoms with van der Waals surface area (Å²) in [7, 11) is 0. The van der Waals surface area contributed by atoms with Crippen molar-refractivity contribution in [1.29, 1.82) is 0 Å². The summed E-state index contributed by atoms with van der Waals surface area (Å²) in [5.74, 6) is 0.639. The summed E-state index contributed by atoms with van der Waals surface area (Å²) >= 11 is 0. The maximum Gasteiger partial charge on any atom is 0.145 e. The summed E-state index contributed by atoms with van der Waals surface area (Å²) in [4.78, 5) is 10.4. The van der Waals surface area contributed by atoms with Gasteiger partial charge in [0.15, 0.2) is 0 Å². The predicted molar refractivity (Wildman–Crippen MR) is 69.3 cm³/mol. The summed E-state index contributed by atoms with van der Waals surface area (Å²) in [5.41, 5.74) is 3.89. The Labute approximate surface area is 98.9 Å². The van der Waals surface area contributed by atoms with Crippen LogP contribution in [0, 0.1) is 5.92 Å². The van der Waals surface area contributed by atoms with E-state index < -0.39 is 0 Å². The smallest absolute Gasteiger partial charge is 0.145 e. The number of rotatable bonds is 5. The van der Waals surface area contributed by atoms with Crippen LogP contribution in [-0.2, 0) is 4.79 Å². The van der Waals surface area contributed by atoms with Crippen LogP contribution in [0.4, 0.5) is 0 Å². The summed E-state index contributed by atoms with van der Waals surface area (Å²) in [6.07, 6.45) is 12.0. The lowest BCUT2D eigenvalue weighted by Gasteiger charge is -2.18. The van der Waals surface area contributed by atoms with Crippen molar-refractivity contribution in [2.24, 2.45) is 5.92 Å². The second kappa shape index (κ2) is 6.47. The molecule has 1 nitrogen and oxygen atoms in total. The Morgan fingerprint density at radius 2 is 2.19 bits per heavy atom. The predicted octanol–water partition coefficient (Wildman–Crippen LogP) is 4.21. The summed E-state index contributed by atoms with van der Waals surface area (Å²) in [6.45, 7) is 6.34. The van der Waals surface area contributed by atoms with Gasteiger partial charge in [0.25, 0.3) is 0 Å². The molecule has 1 atom stereocenters. The molecule has 1 aliphatic carbocycles. The zero-order valence-electron chi connectivity index (χ0n) is 10.6. The van der Waals surface area contributed by atoms with Crippen molar-refractivity contribution in [2.45, 2.75) is 46.5 Å². The van der Waals surface area contributed by atoms with E-state index >= 15 is 0 Å². The van der Waals surface area contributed by atoms with Crippen molar-refractivity contribution in [2.75, 3.05) is 0 Å². The third kappa shape index (κ3) is 4.18. The number of carbonyl (C=O) groups is 1. The maximum absolute atomic E-state index is 10.4. The summed E-state index contributed by atoms with van der Waals surface area (Å²) in [5, 5.41) is 0. The van der Waals surface area contributed by atoms with E-state index in [1.54, 1.807) is 5.57 Å². The number of allylic oxidation sites excluding steroid dienone is 6. The molecule has 0 aliphatic heterocycles. The number of aldehydes is 1. The normalized spacial score (nSPS) is 18.8. The molecule has 1 rings (SSSR count). The van der Waals surface area contributed by atoms with Gasteiger partial charge >= 0.3 is 0 Å². The Kier molecular flexibility index (Phi) is 5.24. The molecule has 0 amide bonds. The molecule has 1 heteroatoms. The molecule has 0 fully saturated rings. The molecule has 88 valence electrons. The van der Waals surface area contributed by atoms with E-state index in [1.807, 2.05) is 13.0 Å². The minimum atomic E-state index is 0.639. The van der Waals surface area contributed by atoms with E-state index in [0.29, 0.717) is 5.92 Å². The average molecular weight is 218 g/mol. The molecule has 0 spiro atoms. The van der Waals surface area contributed by atoms with E-state index in [9.17, 15) is 4.79 Å². The highest BCUT2D eigenvalue weighted by atomic mass is 16.1. The second-order valence-electron chi connectivity index (χ2n) is 4.80. The van der Waals surface area contributed by atoms with Gasteiger partial charge in [-0.3, -0.25) is 4.79 Å². The maximum atomic E-state index is 10.4. The first-order valence-corrected chi connectivity index (χ1v) is 6.11. The molecule has 0 aromatic carbocycles. The van der Waals surface area contributed by atoms with Crippen molar-refractivity contribution in [3.8, 4) is 0 Å². The Hall–Kier alpha value is -1.11. The highest BCUT2D eigenvalue weighted by molar-refractivity contribution is 5.71. The van der Waals surface area contributed by atoms with Crippen molar-refractivity contribution in [1.82, 2.24) is 0 Å². The first-order chi connectivity index (χ1) is 7.63. The van der Waals surface area contributed by atoms with Gasteiger partial charge in [-0.05, 0) is 51.0 Å².